The highest BCUT2D eigenvalue weighted by atomic mass is 35.5. The van der Waals surface area contributed by atoms with Crippen molar-refractivity contribution < 1.29 is 9.59 Å². The van der Waals surface area contributed by atoms with Crippen LogP contribution in [0.4, 0.5) is 0 Å². The molecular formula is C10H13ClO2. The Hall–Kier alpha value is -0.630. The molecule has 2 unspecified atom stereocenters. The third-order valence-electron chi connectivity index (χ3n) is 2.69. The molecular weight excluding hydrogens is 188 g/mol. The van der Waals surface area contributed by atoms with Gasteiger partial charge in [-0.1, -0.05) is 19.9 Å². The van der Waals surface area contributed by atoms with Crippen LogP contribution >= 0.6 is 11.6 Å². The first kappa shape index (κ1) is 10.5. The number of rotatable bonds is 3. The van der Waals surface area contributed by atoms with Crippen molar-refractivity contribution in [3.05, 3.63) is 12.2 Å². The summed E-state index contributed by atoms with van der Waals surface area (Å²) in [5, 5.41) is -0.303. The molecule has 0 radical (unpaired) electrons. The second kappa shape index (κ2) is 3.26. The van der Waals surface area contributed by atoms with Crippen LogP contribution in [0.25, 0.3) is 0 Å². The molecule has 1 fully saturated rings. The fourth-order valence-corrected chi connectivity index (χ4v) is 2.13. The molecule has 0 aromatic carbocycles. The Labute approximate surface area is 83.0 Å². The Morgan fingerprint density at radius 2 is 1.92 bits per heavy atom. The van der Waals surface area contributed by atoms with Gasteiger partial charge in [0.25, 0.3) is 0 Å². The molecule has 0 amide bonds. The van der Waals surface area contributed by atoms with Crippen LogP contribution in [-0.4, -0.2) is 11.0 Å². The van der Waals surface area contributed by atoms with Gasteiger partial charge in [0, 0.05) is 5.92 Å². The number of ketones is 1. The normalized spacial score (nSPS) is 30.5. The standard InChI is InChI=1S/C10H13ClO2/c1-6(12)4-5-7-8(9(11)13)10(7,2)3/h4-5,7-8H,1-3H3/b5-4+. The van der Waals surface area contributed by atoms with E-state index in [-0.39, 0.29) is 28.3 Å². The number of halogens is 1. The quantitative estimate of drug-likeness (QED) is 0.517. The minimum Gasteiger partial charge on any atom is -0.295 e. The summed E-state index contributed by atoms with van der Waals surface area (Å²) in [4.78, 5) is 21.6. The van der Waals surface area contributed by atoms with Crippen LogP contribution in [0.15, 0.2) is 12.2 Å². The van der Waals surface area contributed by atoms with Crippen LogP contribution in [0.1, 0.15) is 20.8 Å². The van der Waals surface area contributed by atoms with E-state index in [1.54, 1.807) is 6.08 Å². The van der Waals surface area contributed by atoms with E-state index in [2.05, 4.69) is 0 Å². The van der Waals surface area contributed by atoms with Gasteiger partial charge in [0.1, 0.15) is 0 Å². The molecule has 0 bridgehead atoms. The molecule has 0 N–H and O–H groups in total. The van der Waals surface area contributed by atoms with E-state index in [1.165, 1.54) is 13.0 Å². The zero-order valence-corrected chi connectivity index (χ0v) is 8.76. The average molecular weight is 201 g/mol. The van der Waals surface area contributed by atoms with Gasteiger partial charge in [-0.2, -0.15) is 0 Å². The van der Waals surface area contributed by atoms with E-state index in [9.17, 15) is 9.59 Å². The Kier molecular flexibility index (Phi) is 2.62. The van der Waals surface area contributed by atoms with Crippen molar-refractivity contribution in [2.75, 3.05) is 0 Å². The van der Waals surface area contributed by atoms with E-state index in [0.29, 0.717) is 0 Å². The lowest BCUT2D eigenvalue weighted by Gasteiger charge is -1.95. The molecule has 13 heavy (non-hydrogen) atoms. The molecule has 0 heterocycles. The number of hydrogen-bond donors (Lipinski definition) is 0. The van der Waals surface area contributed by atoms with Crippen molar-refractivity contribution in [1.29, 1.82) is 0 Å². The van der Waals surface area contributed by atoms with Crippen LogP contribution in [-0.2, 0) is 9.59 Å². The molecule has 1 rings (SSSR count). The van der Waals surface area contributed by atoms with E-state index in [4.69, 9.17) is 11.6 Å². The minimum atomic E-state index is -0.303. The van der Waals surface area contributed by atoms with E-state index < -0.39 is 0 Å². The van der Waals surface area contributed by atoms with Crippen LogP contribution < -0.4 is 0 Å². The van der Waals surface area contributed by atoms with Gasteiger partial charge in [-0.3, -0.25) is 9.59 Å². The predicted molar refractivity (Wildman–Crippen MR) is 51.4 cm³/mol. The number of carbonyl (C=O) groups excluding carboxylic acids is 2. The van der Waals surface area contributed by atoms with Crippen molar-refractivity contribution in [1.82, 2.24) is 0 Å². The summed E-state index contributed by atoms with van der Waals surface area (Å²) < 4.78 is 0. The van der Waals surface area contributed by atoms with Gasteiger partial charge in [-0.25, -0.2) is 0 Å². The fraction of sp³-hybridized carbons (Fsp3) is 0.600. The molecule has 72 valence electrons. The fourth-order valence-electron chi connectivity index (χ4n) is 1.71. The lowest BCUT2D eigenvalue weighted by molar-refractivity contribution is -0.114. The summed E-state index contributed by atoms with van der Waals surface area (Å²) in [5.74, 6) is 0.00892. The van der Waals surface area contributed by atoms with Gasteiger partial charge in [0.2, 0.25) is 5.24 Å². The summed E-state index contributed by atoms with van der Waals surface area (Å²) in [6.45, 7) is 5.45. The molecule has 0 aromatic rings. The molecule has 2 atom stereocenters. The zero-order valence-electron chi connectivity index (χ0n) is 8.00. The first-order valence-corrected chi connectivity index (χ1v) is 4.63. The van der Waals surface area contributed by atoms with Gasteiger partial charge in [-0.05, 0) is 35.9 Å². The maximum Gasteiger partial charge on any atom is 0.225 e. The number of allylic oxidation sites excluding steroid dienone is 2. The number of hydrogen-bond acceptors (Lipinski definition) is 2. The van der Waals surface area contributed by atoms with Gasteiger partial charge >= 0.3 is 0 Å². The van der Waals surface area contributed by atoms with Crippen LogP contribution in [0.5, 0.6) is 0 Å². The molecule has 3 heteroatoms. The SMILES string of the molecule is CC(=O)/C=C/C1C(C(=O)Cl)C1(C)C. The molecule has 1 aliphatic rings. The van der Waals surface area contributed by atoms with Crippen molar-refractivity contribution in [3.63, 3.8) is 0 Å². The maximum absolute atomic E-state index is 10.9. The Morgan fingerprint density at radius 1 is 1.38 bits per heavy atom. The molecule has 0 aromatic heterocycles. The Balaban J connectivity index is 2.66. The third kappa shape index (κ3) is 1.99. The second-order valence-electron chi connectivity index (χ2n) is 4.10. The van der Waals surface area contributed by atoms with Gasteiger partial charge in [-0.15, -0.1) is 0 Å². The zero-order chi connectivity index (χ0) is 10.2. The summed E-state index contributed by atoms with van der Waals surface area (Å²) in [7, 11) is 0. The van der Waals surface area contributed by atoms with Crippen molar-refractivity contribution in [2.24, 2.45) is 17.3 Å². The lowest BCUT2D eigenvalue weighted by atomic mass is 10.1. The molecule has 0 aliphatic heterocycles. The Bertz CT molecular complexity index is 279. The summed E-state index contributed by atoms with van der Waals surface area (Å²) in [6.07, 6.45) is 3.29. The van der Waals surface area contributed by atoms with E-state index in [1.807, 2.05) is 13.8 Å². The van der Waals surface area contributed by atoms with Gasteiger partial charge in [0.05, 0.1) is 0 Å². The van der Waals surface area contributed by atoms with Crippen LogP contribution in [0.2, 0.25) is 0 Å². The summed E-state index contributed by atoms with van der Waals surface area (Å²) in [6, 6.07) is 0. The average Bonchev–Trinajstić information content (AvgIpc) is 2.48. The Morgan fingerprint density at radius 3 is 2.23 bits per heavy atom. The van der Waals surface area contributed by atoms with E-state index >= 15 is 0 Å². The predicted octanol–water partition coefficient (Wildman–Crippen LogP) is 2.17. The molecule has 2 nitrogen and oxygen atoms in total. The lowest BCUT2D eigenvalue weighted by Crippen LogP contribution is -1.96. The first-order chi connectivity index (χ1) is 5.87. The monoisotopic (exact) mass is 200 g/mol. The summed E-state index contributed by atoms with van der Waals surface area (Å²) in [5.41, 5.74) is -0.0786. The maximum atomic E-state index is 10.9. The van der Waals surface area contributed by atoms with Crippen molar-refractivity contribution in [3.8, 4) is 0 Å². The smallest absolute Gasteiger partial charge is 0.225 e. The largest absolute Gasteiger partial charge is 0.295 e. The third-order valence-corrected chi connectivity index (χ3v) is 2.93. The van der Waals surface area contributed by atoms with Gasteiger partial charge < -0.3 is 0 Å². The molecule has 1 saturated carbocycles. The van der Waals surface area contributed by atoms with Crippen LogP contribution in [0.3, 0.4) is 0 Å². The highest BCUT2D eigenvalue weighted by Crippen LogP contribution is 2.59. The van der Waals surface area contributed by atoms with Crippen molar-refractivity contribution in [2.45, 2.75) is 20.8 Å². The topological polar surface area (TPSA) is 34.1 Å². The highest BCUT2D eigenvalue weighted by Gasteiger charge is 2.59. The number of carbonyl (C=O) groups is 2. The van der Waals surface area contributed by atoms with E-state index in [0.717, 1.165) is 0 Å². The first-order valence-electron chi connectivity index (χ1n) is 4.25. The minimum absolute atomic E-state index is 0.00321. The van der Waals surface area contributed by atoms with Gasteiger partial charge in [0.15, 0.2) is 5.78 Å². The molecule has 1 aliphatic carbocycles. The molecule has 0 saturated heterocycles. The highest BCUT2D eigenvalue weighted by molar-refractivity contribution is 6.64. The molecule has 0 spiro atoms. The van der Waals surface area contributed by atoms with Crippen LogP contribution in [0, 0.1) is 17.3 Å². The summed E-state index contributed by atoms with van der Waals surface area (Å²) >= 11 is 5.41. The second-order valence-corrected chi connectivity index (χ2v) is 4.47. The van der Waals surface area contributed by atoms with Crippen molar-refractivity contribution >= 4 is 22.6 Å².